The van der Waals surface area contributed by atoms with Crippen molar-refractivity contribution >= 4 is 34.4 Å². The van der Waals surface area contributed by atoms with Crippen LogP contribution in [0.3, 0.4) is 0 Å². The number of imidazole rings is 1. The molecule has 0 radical (unpaired) electrons. The Hall–Kier alpha value is -3.01. The topological polar surface area (TPSA) is 17.8 Å². The highest BCUT2D eigenvalue weighted by Gasteiger charge is 2.23. The van der Waals surface area contributed by atoms with E-state index in [0.29, 0.717) is 5.02 Å². The normalized spacial score (nSPS) is 12.2. The smallest absolute Gasteiger partial charge is 0.128 e. The minimum atomic E-state index is 0.0542. The standard InChI is InChI=1S/C27H21ClN2S/c28-22-16-17-25-24(18-22)29-27(30(25)19-20-10-4-1-5-11-20)26(21-12-6-2-7-13-21)31-23-14-8-3-9-15-23/h1-18,26H,19H2. The van der Waals surface area contributed by atoms with Gasteiger partial charge in [-0.05, 0) is 41.5 Å². The highest BCUT2D eigenvalue weighted by molar-refractivity contribution is 7.99. The Morgan fingerprint density at radius 3 is 2.13 bits per heavy atom. The summed E-state index contributed by atoms with van der Waals surface area (Å²) in [6.45, 7) is 0.757. The van der Waals surface area contributed by atoms with E-state index in [1.807, 2.05) is 36.0 Å². The van der Waals surface area contributed by atoms with Gasteiger partial charge in [-0.1, -0.05) is 90.5 Å². The molecule has 4 aromatic carbocycles. The molecule has 1 atom stereocenters. The van der Waals surface area contributed by atoms with Crippen LogP contribution < -0.4 is 0 Å². The summed E-state index contributed by atoms with van der Waals surface area (Å²) in [5.41, 5.74) is 4.49. The SMILES string of the molecule is Clc1ccc2c(c1)nc(C(Sc1ccccc1)c1ccccc1)n2Cc1ccccc1. The molecular formula is C27H21ClN2S. The second-order valence-corrected chi connectivity index (χ2v) is 9.01. The van der Waals surface area contributed by atoms with E-state index in [2.05, 4.69) is 89.5 Å². The average molecular weight is 441 g/mol. The first-order chi connectivity index (χ1) is 15.3. The fourth-order valence-corrected chi connectivity index (χ4v) is 5.12. The Kier molecular flexibility index (Phi) is 5.79. The van der Waals surface area contributed by atoms with Crippen molar-refractivity contribution in [3.05, 3.63) is 131 Å². The molecule has 5 rings (SSSR count). The van der Waals surface area contributed by atoms with Gasteiger partial charge in [0.25, 0.3) is 0 Å². The first-order valence-electron chi connectivity index (χ1n) is 10.2. The van der Waals surface area contributed by atoms with Crippen LogP contribution in [-0.2, 0) is 6.54 Å². The van der Waals surface area contributed by atoms with Crippen LogP contribution in [0.1, 0.15) is 22.2 Å². The van der Waals surface area contributed by atoms with Crippen molar-refractivity contribution in [2.75, 3.05) is 0 Å². The molecule has 1 unspecified atom stereocenters. The second-order valence-electron chi connectivity index (χ2n) is 7.40. The van der Waals surface area contributed by atoms with Gasteiger partial charge in [0.1, 0.15) is 5.82 Å². The van der Waals surface area contributed by atoms with E-state index in [4.69, 9.17) is 16.6 Å². The zero-order valence-electron chi connectivity index (χ0n) is 16.9. The number of benzene rings is 4. The first-order valence-corrected chi connectivity index (χ1v) is 11.5. The lowest BCUT2D eigenvalue weighted by atomic mass is 10.1. The van der Waals surface area contributed by atoms with E-state index >= 15 is 0 Å². The van der Waals surface area contributed by atoms with Gasteiger partial charge in [-0.25, -0.2) is 4.98 Å². The maximum atomic E-state index is 6.31. The van der Waals surface area contributed by atoms with Crippen LogP contribution in [0.5, 0.6) is 0 Å². The molecule has 0 saturated carbocycles. The Balaban J connectivity index is 1.68. The van der Waals surface area contributed by atoms with Crippen molar-refractivity contribution in [3.63, 3.8) is 0 Å². The number of halogens is 1. The van der Waals surface area contributed by atoms with E-state index in [-0.39, 0.29) is 5.25 Å². The summed E-state index contributed by atoms with van der Waals surface area (Å²) in [6, 6.07) is 37.6. The van der Waals surface area contributed by atoms with Crippen LogP contribution in [0, 0.1) is 0 Å². The van der Waals surface area contributed by atoms with Crippen molar-refractivity contribution in [3.8, 4) is 0 Å². The van der Waals surface area contributed by atoms with Crippen molar-refractivity contribution in [1.82, 2.24) is 9.55 Å². The summed E-state index contributed by atoms with van der Waals surface area (Å²) in [5.74, 6) is 1.03. The lowest BCUT2D eigenvalue weighted by molar-refractivity contribution is 0.757. The molecule has 0 N–H and O–H groups in total. The minimum absolute atomic E-state index is 0.0542. The minimum Gasteiger partial charge on any atom is -0.322 e. The van der Waals surface area contributed by atoms with E-state index in [1.165, 1.54) is 16.0 Å². The van der Waals surface area contributed by atoms with Gasteiger partial charge < -0.3 is 4.57 Å². The zero-order valence-corrected chi connectivity index (χ0v) is 18.4. The number of hydrogen-bond donors (Lipinski definition) is 0. The van der Waals surface area contributed by atoms with Gasteiger partial charge >= 0.3 is 0 Å². The summed E-state index contributed by atoms with van der Waals surface area (Å²) < 4.78 is 2.33. The Bertz CT molecular complexity index is 1280. The highest BCUT2D eigenvalue weighted by atomic mass is 35.5. The predicted molar refractivity (Wildman–Crippen MR) is 131 cm³/mol. The van der Waals surface area contributed by atoms with Gasteiger partial charge in [0.05, 0.1) is 16.3 Å². The molecular weight excluding hydrogens is 420 g/mol. The Morgan fingerprint density at radius 1 is 0.774 bits per heavy atom. The van der Waals surface area contributed by atoms with Gasteiger partial charge in [-0.2, -0.15) is 0 Å². The monoisotopic (exact) mass is 440 g/mol. The quantitative estimate of drug-likeness (QED) is 0.253. The molecule has 0 amide bonds. The molecule has 0 aliphatic carbocycles. The number of fused-ring (bicyclic) bond motifs is 1. The molecule has 0 bridgehead atoms. The van der Waals surface area contributed by atoms with Gasteiger partial charge in [0.2, 0.25) is 0 Å². The number of thioether (sulfide) groups is 1. The molecule has 0 saturated heterocycles. The van der Waals surface area contributed by atoms with Crippen LogP contribution >= 0.6 is 23.4 Å². The number of nitrogens with zero attached hydrogens (tertiary/aromatic N) is 2. The fourth-order valence-electron chi connectivity index (χ4n) is 3.79. The molecule has 31 heavy (non-hydrogen) atoms. The van der Waals surface area contributed by atoms with Gasteiger partial charge in [-0.3, -0.25) is 0 Å². The second kappa shape index (κ2) is 9.01. The number of hydrogen-bond acceptors (Lipinski definition) is 2. The summed E-state index contributed by atoms with van der Waals surface area (Å²) in [4.78, 5) is 6.32. The maximum absolute atomic E-state index is 6.31. The molecule has 1 aromatic heterocycles. The van der Waals surface area contributed by atoms with Crippen molar-refractivity contribution < 1.29 is 0 Å². The molecule has 0 aliphatic heterocycles. The maximum Gasteiger partial charge on any atom is 0.128 e. The van der Waals surface area contributed by atoms with Crippen LogP contribution in [0.4, 0.5) is 0 Å². The largest absolute Gasteiger partial charge is 0.322 e. The molecule has 1 heterocycles. The van der Waals surface area contributed by atoms with Crippen molar-refractivity contribution in [1.29, 1.82) is 0 Å². The summed E-state index contributed by atoms with van der Waals surface area (Å²) in [5, 5.41) is 0.758. The molecule has 2 nitrogen and oxygen atoms in total. The van der Waals surface area contributed by atoms with E-state index in [0.717, 1.165) is 23.4 Å². The highest BCUT2D eigenvalue weighted by Crippen LogP contribution is 2.41. The van der Waals surface area contributed by atoms with Gasteiger partial charge in [0.15, 0.2) is 0 Å². The fraction of sp³-hybridized carbons (Fsp3) is 0.0741. The molecule has 4 heteroatoms. The van der Waals surface area contributed by atoms with Crippen LogP contribution in [0.25, 0.3) is 11.0 Å². The third kappa shape index (κ3) is 4.39. The lowest BCUT2D eigenvalue weighted by Crippen LogP contribution is -2.09. The van der Waals surface area contributed by atoms with E-state index < -0.39 is 0 Å². The summed E-state index contributed by atoms with van der Waals surface area (Å²) >= 11 is 8.14. The van der Waals surface area contributed by atoms with Crippen LogP contribution in [-0.4, -0.2) is 9.55 Å². The molecule has 5 aromatic rings. The predicted octanol–water partition coefficient (Wildman–Crippen LogP) is 7.62. The Labute approximate surface area is 191 Å². The lowest BCUT2D eigenvalue weighted by Gasteiger charge is -2.19. The van der Waals surface area contributed by atoms with E-state index in [9.17, 15) is 0 Å². The molecule has 0 fully saturated rings. The van der Waals surface area contributed by atoms with E-state index in [1.54, 1.807) is 0 Å². The van der Waals surface area contributed by atoms with Gasteiger partial charge in [-0.15, -0.1) is 11.8 Å². The third-order valence-corrected chi connectivity index (χ3v) is 6.76. The van der Waals surface area contributed by atoms with Crippen LogP contribution in [0.2, 0.25) is 5.02 Å². The van der Waals surface area contributed by atoms with Crippen molar-refractivity contribution in [2.45, 2.75) is 16.7 Å². The van der Waals surface area contributed by atoms with Crippen molar-refractivity contribution in [2.24, 2.45) is 0 Å². The van der Waals surface area contributed by atoms with Crippen LogP contribution in [0.15, 0.2) is 114 Å². The average Bonchev–Trinajstić information content (AvgIpc) is 3.16. The number of aromatic nitrogens is 2. The van der Waals surface area contributed by atoms with Gasteiger partial charge in [0, 0.05) is 16.5 Å². The first kappa shape index (κ1) is 19.9. The molecule has 0 spiro atoms. The Morgan fingerprint density at radius 2 is 1.42 bits per heavy atom. The molecule has 0 aliphatic rings. The summed E-state index contributed by atoms with van der Waals surface area (Å²) in [7, 11) is 0. The third-order valence-electron chi connectivity index (χ3n) is 5.26. The zero-order chi connectivity index (χ0) is 21.0. The number of rotatable bonds is 6. The summed E-state index contributed by atoms with van der Waals surface area (Å²) in [6.07, 6.45) is 0. The molecule has 152 valence electrons.